The minimum atomic E-state index is -0.481. The van der Waals surface area contributed by atoms with Gasteiger partial charge in [0.05, 0.1) is 19.1 Å². The predicted molar refractivity (Wildman–Crippen MR) is 101 cm³/mol. The fourth-order valence-corrected chi connectivity index (χ4v) is 4.59. The summed E-state index contributed by atoms with van der Waals surface area (Å²) in [5.41, 5.74) is 3.24. The molecule has 1 atom stereocenters. The van der Waals surface area contributed by atoms with Crippen LogP contribution in [0.3, 0.4) is 0 Å². The highest BCUT2D eigenvalue weighted by atomic mass is 16.7. The van der Waals surface area contributed by atoms with E-state index in [4.69, 9.17) is 9.47 Å². The molecule has 1 spiro atoms. The molecule has 1 aromatic carbocycles. The smallest absolute Gasteiger partial charge is 0.228 e. The summed E-state index contributed by atoms with van der Waals surface area (Å²) in [5.74, 6) is -0.606. The Kier molecular flexibility index (Phi) is 4.95. The van der Waals surface area contributed by atoms with E-state index in [1.165, 1.54) is 0 Å². The first-order valence-corrected chi connectivity index (χ1v) is 9.98. The van der Waals surface area contributed by atoms with Crippen LogP contribution in [0.2, 0.25) is 0 Å². The minimum absolute atomic E-state index is 0.0493. The standard InChI is InChI=1S/C21H28N2O4/c1-3-16-6-4-5-15(2)19(16)23-14-17(13-18(23)24)20(25)22-9-7-21(8-10-22)26-11-12-27-21/h4-6,17H,3,7-14H2,1-2H3. The molecule has 146 valence electrons. The number of rotatable bonds is 3. The molecule has 0 bridgehead atoms. The number of piperidine rings is 1. The first-order valence-electron chi connectivity index (χ1n) is 9.98. The van der Waals surface area contributed by atoms with Crippen molar-refractivity contribution in [2.24, 2.45) is 5.92 Å². The Labute approximate surface area is 160 Å². The third-order valence-corrected chi connectivity index (χ3v) is 6.10. The molecule has 4 rings (SSSR count). The molecule has 27 heavy (non-hydrogen) atoms. The molecule has 3 fully saturated rings. The number of likely N-dealkylation sites (tertiary alicyclic amines) is 1. The molecular weight excluding hydrogens is 344 g/mol. The van der Waals surface area contributed by atoms with E-state index >= 15 is 0 Å². The summed E-state index contributed by atoms with van der Waals surface area (Å²) in [5, 5.41) is 0. The van der Waals surface area contributed by atoms with Crippen molar-refractivity contribution in [1.29, 1.82) is 0 Å². The Morgan fingerprint density at radius 2 is 1.93 bits per heavy atom. The van der Waals surface area contributed by atoms with E-state index in [1.807, 2.05) is 28.9 Å². The summed E-state index contributed by atoms with van der Waals surface area (Å²) in [6, 6.07) is 6.12. The fourth-order valence-electron chi connectivity index (χ4n) is 4.59. The van der Waals surface area contributed by atoms with Gasteiger partial charge in [-0.05, 0) is 24.5 Å². The second kappa shape index (κ2) is 7.24. The Morgan fingerprint density at radius 3 is 2.59 bits per heavy atom. The minimum Gasteiger partial charge on any atom is -0.347 e. The molecule has 1 unspecified atom stereocenters. The zero-order chi connectivity index (χ0) is 19.0. The zero-order valence-electron chi connectivity index (χ0n) is 16.2. The zero-order valence-corrected chi connectivity index (χ0v) is 16.2. The van der Waals surface area contributed by atoms with Gasteiger partial charge < -0.3 is 19.3 Å². The predicted octanol–water partition coefficient (Wildman–Crippen LogP) is 2.28. The summed E-state index contributed by atoms with van der Waals surface area (Å²) in [4.78, 5) is 29.5. The molecule has 0 saturated carbocycles. The largest absolute Gasteiger partial charge is 0.347 e. The lowest BCUT2D eigenvalue weighted by molar-refractivity contribution is -0.188. The second-order valence-corrected chi connectivity index (χ2v) is 7.77. The molecule has 3 saturated heterocycles. The number of carbonyl (C=O) groups excluding carboxylic acids is 2. The summed E-state index contributed by atoms with van der Waals surface area (Å²) in [7, 11) is 0. The number of ether oxygens (including phenoxy) is 2. The van der Waals surface area contributed by atoms with Crippen molar-refractivity contribution in [3.63, 3.8) is 0 Å². The Balaban J connectivity index is 1.44. The van der Waals surface area contributed by atoms with E-state index in [9.17, 15) is 9.59 Å². The van der Waals surface area contributed by atoms with Gasteiger partial charge in [0.25, 0.3) is 0 Å². The van der Waals surface area contributed by atoms with Crippen LogP contribution in [0.15, 0.2) is 18.2 Å². The van der Waals surface area contributed by atoms with Crippen LogP contribution in [-0.4, -0.2) is 55.3 Å². The van der Waals surface area contributed by atoms with Gasteiger partial charge in [0, 0.05) is 44.6 Å². The molecule has 1 aromatic rings. The summed E-state index contributed by atoms with van der Waals surface area (Å²) in [6.07, 6.45) is 2.58. The fraction of sp³-hybridized carbons (Fsp3) is 0.619. The van der Waals surface area contributed by atoms with Crippen molar-refractivity contribution in [2.75, 3.05) is 37.7 Å². The summed E-state index contributed by atoms with van der Waals surface area (Å²) >= 11 is 0. The number of benzene rings is 1. The Morgan fingerprint density at radius 1 is 1.22 bits per heavy atom. The number of anilines is 1. The van der Waals surface area contributed by atoms with Crippen LogP contribution < -0.4 is 4.90 Å². The highest BCUT2D eigenvalue weighted by Crippen LogP contribution is 2.35. The average Bonchev–Trinajstić information content (AvgIpc) is 3.28. The Hall–Kier alpha value is -1.92. The van der Waals surface area contributed by atoms with Crippen LogP contribution in [0.25, 0.3) is 0 Å². The normalized spacial score (nSPS) is 24.8. The van der Waals surface area contributed by atoms with Crippen molar-refractivity contribution in [3.05, 3.63) is 29.3 Å². The van der Waals surface area contributed by atoms with Gasteiger partial charge in [-0.1, -0.05) is 25.1 Å². The number of para-hydroxylation sites is 1. The Bertz CT molecular complexity index is 732. The topological polar surface area (TPSA) is 59.1 Å². The molecule has 3 heterocycles. The number of aryl methyl sites for hydroxylation is 2. The van der Waals surface area contributed by atoms with E-state index in [0.29, 0.717) is 52.1 Å². The number of hydrogen-bond donors (Lipinski definition) is 0. The maximum absolute atomic E-state index is 13.0. The average molecular weight is 372 g/mol. The first-order chi connectivity index (χ1) is 13.0. The molecule has 3 aliphatic heterocycles. The number of carbonyl (C=O) groups is 2. The molecular formula is C21H28N2O4. The molecule has 3 aliphatic rings. The van der Waals surface area contributed by atoms with Gasteiger partial charge in [0.1, 0.15) is 0 Å². The van der Waals surface area contributed by atoms with Crippen molar-refractivity contribution in [2.45, 2.75) is 45.3 Å². The molecule has 2 amide bonds. The second-order valence-electron chi connectivity index (χ2n) is 7.77. The van der Waals surface area contributed by atoms with E-state index in [-0.39, 0.29) is 17.7 Å². The maximum atomic E-state index is 13.0. The van der Waals surface area contributed by atoms with Crippen LogP contribution in [0.4, 0.5) is 5.69 Å². The van der Waals surface area contributed by atoms with E-state index in [2.05, 4.69) is 13.0 Å². The highest BCUT2D eigenvalue weighted by Gasteiger charge is 2.44. The lowest BCUT2D eigenvalue weighted by Crippen LogP contribution is -2.49. The van der Waals surface area contributed by atoms with Crippen molar-refractivity contribution in [1.82, 2.24) is 4.90 Å². The van der Waals surface area contributed by atoms with Gasteiger partial charge in [-0.25, -0.2) is 0 Å². The molecule has 0 aromatic heterocycles. The molecule has 6 nitrogen and oxygen atoms in total. The monoisotopic (exact) mass is 372 g/mol. The van der Waals surface area contributed by atoms with E-state index in [1.54, 1.807) is 0 Å². The van der Waals surface area contributed by atoms with Gasteiger partial charge in [0.2, 0.25) is 11.8 Å². The van der Waals surface area contributed by atoms with E-state index < -0.39 is 5.79 Å². The van der Waals surface area contributed by atoms with Crippen LogP contribution in [-0.2, 0) is 25.5 Å². The van der Waals surface area contributed by atoms with Crippen molar-refractivity contribution >= 4 is 17.5 Å². The van der Waals surface area contributed by atoms with Gasteiger partial charge in [-0.15, -0.1) is 0 Å². The molecule has 0 radical (unpaired) electrons. The third kappa shape index (κ3) is 3.36. The van der Waals surface area contributed by atoms with Gasteiger partial charge in [-0.2, -0.15) is 0 Å². The van der Waals surface area contributed by atoms with E-state index in [0.717, 1.165) is 23.2 Å². The quantitative estimate of drug-likeness (QED) is 0.817. The lowest BCUT2D eigenvalue weighted by atomic mass is 10.0. The molecule has 6 heteroatoms. The third-order valence-electron chi connectivity index (χ3n) is 6.10. The van der Waals surface area contributed by atoms with Crippen LogP contribution in [0.1, 0.15) is 37.3 Å². The number of hydrogen-bond acceptors (Lipinski definition) is 4. The maximum Gasteiger partial charge on any atom is 0.228 e. The SMILES string of the molecule is CCc1cccc(C)c1N1CC(C(=O)N2CCC3(CC2)OCCO3)CC1=O. The van der Waals surface area contributed by atoms with Crippen molar-refractivity contribution in [3.8, 4) is 0 Å². The summed E-state index contributed by atoms with van der Waals surface area (Å²) < 4.78 is 11.5. The molecule has 0 aliphatic carbocycles. The summed E-state index contributed by atoms with van der Waals surface area (Å²) in [6.45, 7) is 7.14. The number of amides is 2. The highest BCUT2D eigenvalue weighted by molar-refractivity contribution is 6.01. The first kappa shape index (κ1) is 18.4. The van der Waals surface area contributed by atoms with Gasteiger partial charge in [0.15, 0.2) is 5.79 Å². The van der Waals surface area contributed by atoms with Gasteiger partial charge >= 0.3 is 0 Å². The number of nitrogens with zero attached hydrogens (tertiary/aromatic N) is 2. The van der Waals surface area contributed by atoms with Gasteiger partial charge in [-0.3, -0.25) is 9.59 Å². The van der Waals surface area contributed by atoms with Crippen LogP contribution in [0, 0.1) is 12.8 Å². The molecule has 0 N–H and O–H groups in total. The lowest BCUT2D eigenvalue weighted by Gasteiger charge is -2.38. The van der Waals surface area contributed by atoms with Crippen LogP contribution in [0.5, 0.6) is 0 Å². The van der Waals surface area contributed by atoms with Crippen LogP contribution >= 0.6 is 0 Å². The van der Waals surface area contributed by atoms with Crippen molar-refractivity contribution < 1.29 is 19.1 Å².